The van der Waals surface area contributed by atoms with Crippen LogP contribution in [0.4, 0.5) is 0 Å². The van der Waals surface area contributed by atoms with Gasteiger partial charge in [0.1, 0.15) is 12.4 Å². The highest BCUT2D eigenvalue weighted by molar-refractivity contribution is 7.89. The van der Waals surface area contributed by atoms with Gasteiger partial charge in [-0.15, -0.1) is 0 Å². The van der Waals surface area contributed by atoms with E-state index in [4.69, 9.17) is 14.6 Å². The fourth-order valence-electron chi connectivity index (χ4n) is 2.20. The Hall–Kier alpha value is -1.15. The van der Waals surface area contributed by atoms with Crippen LogP contribution in [-0.4, -0.2) is 45.5 Å². The van der Waals surface area contributed by atoms with Gasteiger partial charge in [0.05, 0.1) is 17.6 Å². The molecule has 0 aliphatic heterocycles. The average molecular weight is 315 g/mol. The summed E-state index contributed by atoms with van der Waals surface area (Å²) in [6.45, 7) is 2.69. The van der Waals surface area contributed by atoms with Gasteiger partial charge in [0.15, 0.2) is 0 Å². The molecular weight excluding hydrogens is 294 g/mol. The molecule has 0 spiro atoms. The molecule has 1 aliphatic carbocycles. The van der Waals surface area contributed by atoms with Crippen molar-refractivity contribution in [1.29, 1.82) is 0 Å². The molecule has 0 saturated heterocycles. The standard InChI is InChI=1S/C14H21NO5S/c1-2-19-13-9-11(10-13)15-21(17,18)14-5-3-12(4-6-14)20-8-7-16/h3-6,11,13,15-16H,2,7-10H2,1H3. The summed E-state index contributed by atoms with van der Waals surface area (Å²) in [5, 5.41) is 8.66. The summed E-state index contributed by atoms with van der Waals surface area (Å²) < 4.78 is 37.7. The highest BCUT2D eigenvalue weighted by Gasteiger charge is 2.33. The third-order valence-corrected chi connectivity index (χ3v) is 4.85. The van der Waals surface area contributed by atoms with Gasteiger partial charge in [-0.1, -0.05) is 0 Å². The highest BCUT2D eigenvalue weighted by Crippen LogP contribution is 2.25. The Bertz CT molecular complexity index is 537. The van der Waals surface area contributed by atoms with Crippen LogP contribution < -0.4 is 9.46 Å². The lowest BCUT2D eigenvalue weighted by molar-refractivity contribution is -0.00475. The fourth-order valence-corrected chi connectivity index (χ4v) is 3.46. The summed E-state index contributed by atoms with van der Waals surface area (Å²) in [4.78, 5) is 0.207. The van der Waals surface area contributed by atoms with Crippen LogP contribution in [0.2, 0.25) is 0 Å². The molecule has 0 aromatic heterocycles. The van der Waals surface area contributed by atoms with Crippen LogP contribution in [0, 0.1) is 0 Å². The lowest BCUT2D eigenvalue weighted by Gasteiger charge is -2.35. The molecule has 0 atom stereocenters. The quantitative estimate of drug-likeness (QED) is 0.744. The van der Waals surface area contributed by atoms with Crippen molar-refractivity contribution in [1.82, 2.24) is 4.72 Å². The van der Waals surface area contributed by atoms with Gasteiger partial charge in [-0.25, -0.2) is 13.1 Å². The van der Waals surface area contributed by atoms with Crippen molar-refractivity contribution < 1.29 is 23.0 Å². The molecule has 1 aliphatic rings. The van der Waals surface area contributed by atoms with Gasteiger partial charge in [-0.3, -0.25) is 0 Å². The number of rotatable bonds is 8. The SMILES string of the molecule is CCOC1CC(NS(=O)(=O)c2ccc(OCCO)cc2)C1. The van der Waals surface area contributed by atoms with Gasteiger partial charge >= 0.3 is 0 Å². The molecule has 1 fully saturated rings. The molecule has 1 aromatic rings. The minimum atomic E-state index is -3.51. The summed E-state index contributed by atoms with van der Waals surface area (Å²) in [6.07, 6.45) is 1.59. The summed E-state index contributed by atoms with van der Waals surface area (Å²) in [5.41, 5.74) is 0. The molecule has 118 valence electrons. The number of ether oxygens (including phenoxy) is 2. The molecular formula is C14H21NO5S. The van der Waals surface area contributed by atoms with Crippen LogP contribution in [0.3, 0.4) is 0 Å². The van der Waals surface area contributed by atoms with Gasteiger partial charge in [-0.05, 0) is 44.0 Å². The molecule has 6 nitrogen and oxygen atoms in total. The summed E-state index contributed by atoms with van der Waals surface area (Å²) in [7, 11) is -3.51. The zero-order valence-corrected chi connectivity index (χ0v) is 12.8. The largest absolute Gasteiger partial charge is 0.491 e. The van der Waals surface area contributed by atoms with E-state index in [9.17, 15) is 8.42 Å². The van der Waals surface area contributed by atoms with E-state index in [0.717, 1.165) is 0 Å². The molecule has 0 unspecified atom stereocenters. The van der Waals surface area contributed by atoms with Crippen LogP contribution >= 0.6 is 0 Å². The van der Waals surface area contributed by atoms with Crippen LogP contribution in [0.5, 0.6) is 5.75 Å². The molecule has 2 N–H and O–H groups in total. The number of nitrogens with one attached hydrogen (secondary N) is 1. The minimum Gasteiger partial charge on any atom is -0.491 e. The number of aliphatic hydroxyl groups excluding tert-OH is 1. The van der Waals surface area contributed by atoms with Crippen molar-refractivity contribution in [3.05, 3.63) is 24.3 Å². The smallest absolute Gasteiger partial charge is 0.240 e. The lowest BCUT2D eigenvalue weighted by Crippen LogP contribution is -2.47. The van der Waals surface area contributed by atoms with Crippen molar-refractivity contribution in [2.75, 3.05) is 19.8 Å². The molecule has 1 aromatic carbocycles. The third kappa shape index (κ3) is 4.41. The average Bonchev–Trinajstić information content (AvgIpc) is 2.43. The van der Waals surface area contributed by atoms with Gasteiger partial charge < -0.3 is 14.6 Å². The Morgan fingerprint density at radius 3 is 2.52 bits per heavy atom. The Morgan fingerprint density at radius 1 is 1.29 bits per heavy atom. The second kappa shape index (κ2) is 7.22. The van der Waals surface area contributed by atoms with Crippen molar-refractivity contribution >= 4 is 10.0 Å². The molecule has 0 heterocycles. The Balaban J connectivity index is 1.90. The number of benzene rings is 1. The van der Waals surface area contributed by atoms with Crippen molar-refractivity contribution in [3.63, 3.8) is 0 Å². The second-order valence-corrected chi connectivity index (χ2v) is 6.62. The van der Waals surface area contributed by atoms with Crippen molar-refractivity contribution in [2.24, 2.45) is 0 Å². The van der Waals surface area contributed by atoms with E-state index in [-0.39, 0.29) is 30.3 Å². The van der Waals surface area contributed by atoms with E-state index in [1.54, 1.807) is 12.1 Å². The summed E-state index contributed by atoms with van der Waals surface area (Å²) >= 11 is 0. The van der Waals surface area contributed by atoms with Crippen molar-refractivity contribution in [3.8, 4) is 5.75 Å². The molecule has 7 heteroatoms. The van der Waals surface area contributed by atoms with E-state index in [1.165, 1.54) is 12.1 Å². The predicted molar refractivity (Wildman–Crippen MR) is 77.8 cm³/mol. The monoisotopic (exact) mass is 315 g/mol. The molecule has 1 saturated carbocycles. The van der Waals surface area contributed by atoms with E-state index in [1.807, 2.05) is 6.92 Å². The fraction of sp³-hybridized carbons (Fsp3) is 0.571. The Labute approximate surface area is 125 Å². The van der Waals surface area contributed by atoms with E-state index >= 15 is 0 Å². The maximum Gasteiger partial charge on any atom is 0.240 e. The predicted octanol–water partition coefficient (Wildman–Crippen LogP) is 0.903. The first kappa shape index (κ1) is 16.2. The van der Waals surface area contributed by atoms with Gasteiger partial charge in [0.25, 0.3) is 0 Å². The Morgan fingerprint density at radius 2 is 1.95 bits per heavy atom. The summed E-state index contributed by atoms with van der Waals surface area (Å²) in [6, 6.07) is 6.08. The first-order valence-corrected chi connectivity index (χ1v) is 8.51. The summed E-state index contributed by atoms with van der Waals surface area (Å²) in [5.74, 6) is 0.531. The van der Waals surface area contributed by atoms with Gasteiger partial charge in [0.2, 0.25) is 10.0 Å². The first-order valence-electron chi connectivity index (χ1n) is 7.03. The van der Waals surface area contributed by atoms with Crippen molar-refractivity contribution in [2.45, 2.75) is 36.8 Å². The number of aliphatic hydroxyl groups is 1. The minimum absolute atomic E-state index is 0.0585. The van der Waals surface area contributed by atoms with Crippen LogP contribution in [0.25, 0.3) is 0 Å². The highest BCUT2D eigenvalue weighted by atomic mass is 32.2. The third-order valence-electron chi connectivity index (χ3n) is 3.31. The molecule has 0 amide bonds. The lowest BCUT2D eigenvalue weighted by atomic mass is 9.90. The molecule has 0 bridgehead atoms. The number of hydrogen-bond donors (Lipinski definition) is 2. The van der Waals surface area contributed by atoms with Crippen LogP contribution in [0.1, 0.15) is 19.8 Å². The number of hydrogen-bond acceptors (Lipinski definition) is 5. The second-order valence-electron chi connectivity index (χ2n) is 4.91. The topological polar surface area (TPSA) is 84.9 Å². The van der Waals surface area contributed by atoms with E-state index in [0.29, 0.717) is 25.2 Å². The van der Waals surface area contributed by atoms with Gasteiger partial charge in [-0.2, -0.15) is 0 Å². The molecule has 21 heavy (non-hydrogen) atoms. The van der Waals surface area contributed by atoms with E-state index < -0.39 is 10.0 Å². The maximum atomic E-state index is 12.2. The zero-order valence-electron chi connectivity index (χ0n) is 12.0. The van der Waals surface area contributed by atoms with Gasteiger partial charge in [0, 0.05) is 12.6 Å². The molecule has 0 radical (unpaired) electrons. The Kier molecular flexibility index (Phi) is 5.58. The normalized spacial score (nSPS) is 21.8. The number of sulfonamides is 1. The molecule has 2 rings (SSSR count). The maximum absolute atomic E-state index is 12.2. The first-order chi connectivity index (χ1) is 10.0. The van der Waals surface area contributed by atoms with Crippen LogP contribution in [0.15, 0.2) is 29.2 Å². The zero-order chi connectivity index (χ0) is 15.3. The van der Waals surface area contributed by atoms with Crippen LogP contribution in [-0.2, 0) is 14.8 Å². The van der Waals surface area contributed by atoms with E-state index in [2.05, 4.69) is 4.72 Å².